The Bertz CT molecular complexity index is 929. The van der Waals surface area contributed by atoms with Crippen LogP contribution in [0.2, 0.25) is 0 Å². The van der Waals surface area contributed by atoms with Crippen molar-refractivity contribution in [1.29, 1.82) is 0 Å². The van der Waals surface area contributed by atoms with Crippen LogP contribution in [0.1, 0.15) is 12.5 Å². The van der Waals surface area contributed by atoms with Gasteiger partial charge in [-0.15, -0.1) is 11.3 Å². The summed E-state index contributed by atoms with van der Waals surface area (Å²) in [6, 6.07) is 13.9. The molecule has 0 fully saturated rings. The van der Waals surface area contributed by atoms with E-state index in [4.69, 9.17) is 4.74 Å². The second-order valence-corrected chi connectivity index (χ2v) is 6.61. The van der Waals surface area contributed by atoms with Crippen molar-refractivity contribution < 1.29 is 23.0 Å². The topological polar surface area (TPSA) is 60.5 Å². The largest absolute Gasteiger partial charge is 0.484 e. The molecule has 0 saturated carbocycles. The zero-order chi connectivity index (χ0) is 19.9. The van der Waals surface area contributed by atoms with Crippen LogP contribution in [0, 0.1) is 0 Å². The van der Waals surface area contributed by atoms with Gasteiger partial charge in [-0.3, -0.25) is 10.1 Å². The average Bonchev–Trinajstić information content (AvgIpc) is 3.15. The molecule has 1 aromatic heterocycles. The number of ether oxygens (including phenoxy) is 2. The summed E-state index contributed by atoms with van der Waals surface area (Å²) in [5, 5.41) is 4.64. The number of aromatic nitrogens is 1. The zero-order valence-corrected chi connectivity index (χ0v) is 15.8. The molecule has 146 valence electrons. The molecule has 0 saturated heterocycles. The van der Waals surface area contributed by atoms with Crippen molar-refractivity contribution in [2.45, 2.75) is 20.0 Å². The molecule has 3 aromatic rings. The van der Waals surface area contributed by atoms with Gasteiger partial charge >= 0.3 is 6.61 Å². The Morgan fingerprint density at radius 3 is 2.64 bits per heavy atom. The normalized spacial score (nSPS) is 10.7. The molecule has 0 bridgehead atoms. The molecule has 1 N–H and O–H groups in total. The minimum atomic E-state index is -2.93. The summed E-state index contributed by atoms with van der Waals surface area (Å²) in [6.45, 7) is -1.03. The number of nitrogens with zero attached hydrogens (tertiary/aromatic N) is 1. The van der Waals surface area contributed by atoms with E-state index in [0.717, 1.165) is 6.42 Å². The summed E-state index contributed by atoms with van der Waals surface area (Å²) in [5.74, 6) is 0.266. The first kappa shape index (κ1) is 19.8. The predicted octanol–water partition coefficient (Wildman–Crippen LogP) is 4.99. The molecule has 1 heterocycles. The Morgan fingerprint density at radius 2 is 1.93 bits per heavy atom. The molecular weight excluding hydrogens is 386 g/mol. The average molecular weight is 404 g/mol. The van der Waals surface area contributed by atoms with Gasteiger partial charge in [0.05, 0.1) is 5.69 Å². The van der Waals surface area contributed by atoms with Crippen LogP contribution < -0.4 is 14.8 Å². The van der Waals surface area contributed by atoms with Gasteiger partial charge in [0, 0.05) is 10.9 Å². The van der Waals surface area contributed by atoms with Gasteiger partial charge in [0.1, 0.15) is 11.5 Å². The van der Waals surface area contributed by atoms with Crippen molar-refractivity contribution in [1.82, 2.24) is 4.98 Å². The molecule has 0 unspecified atom stereocenters. The SMILES string of the molecule is CCc1ccc(OCC(=O)Nc2nc(-c3ccccc3OC(F)F)cs2)cc1. The summed E-state index contributed by atoms with van der Waals surface area (Å²) in [7, 11) is 0. The van der Waals surface area contributed by atoms with Gasteiger partial charge in [0.15, 0.2) is 11.7 Å². The van der Waals surface area contributed by atoms with Crippen LogP contribution in [0.15, 0.2) is 53.9 Å². The summed E-state index contributed by atoms with van der Waals surface area (Å²) in [5.41, 5.74) is 2.04. The summed E-state index contributed by atoms with van der Waals surface area (Å²) in [4.78, 5) is 16.3. The molecule has 1 amide bonds. The first-order valence-electron chi connectivity index (χ1n) is 8.56. The Balaban J connectivity index is 1.60. The molecular formula is C20H18F2N2O3S. The van der Waals surface area contributed by atoms with Crippen LogP contribution in [0.3, 0.4) is 0 Å². The number of rotatable bonds is 8. The Morgan fingerprint density at radius 1 is 1.18 bits per heavy atom. The Hall–Kier alpha value is -3.00. The molecule has 2 aromatic carbocycles. The number of hydrogen-bond donors (Lipinski definition) is 1. The van der Waals surface area contributed by atoms with Crippen LogP contribution in [-0.2, 0) is 11.2 Å². The zero-order valence-electron chi connectivity index (χ0n) is 15.0. The highest BCUT2D eigenvalue weighted by Gasteiger charge is 2.14. The third-order valence-electron chi connectivity index (χ3n) is 3.83. The highest BCUT2D eigenvalue weighted by atomic mass is 32.1. The molecule has 0 aliphatic rings. The molecule has 3 rings (SSSR count). The van der Waals surface area contributed by atoms with Gasteiger partial charge in [-0.2, -0.15) is 8.78 Å². The van der Waals surface area contributed by atoms with Gasteiger partial charge < -0.3 is 9.47 Å². The molecule has 0 aliphatic heterocycles. The molecule has 5 nitrogen and oxygen atoms in total. The second-order valence-electron chi connectivity index (χ2n) is 5.75. The lowest BCUT2D eigenvalue weighted by Gasteiger charge is -2.08. The van der Waals surface area contributed by atoms with Crippen molar-refractivity contribution >= 4 is 22.4 Å². The fourth-order valence-electron chi connectivity index (χ4n) is 2.46. The summed E-state index contributed by atoms with van der Waals surface area (Å²) >= 11 is 1.19. The number of alkyl halides is 2. The number of nitrogens with one attached hydrogen (secondary N) is 1. The molecule has 0 atom stereocenters. The van der Waals surface area contributed by atoms with E-state index in [2.05, 4.69) is 22.0 Å². The third kappa shape index (κ3) is 5.26. The number of amides is 1. The number of carbonyl (C=O) groups excluding carboxylic acids is 1. The maximum Gasteiger partial charge on any atom is 0.387 e. The minimum absolute atomic E-state index is 0.0273. The lowest BCUT2D eigenvalue weighted by atomic mass is 10.1. The fourth-order valence-corrected chi connectivity index (χ4v) is 3.18. The van der Waals surface area contributed by atoms with E-state index >= 15 is 0 Å². The highest BCUT2D eigenvalue weighted by molar-refractivity contribution is 7.14. The van der Waals surface area contributed by atoms with Crippen LogP contribution in [0.5, 0.6) is 11.5 Å². The van der Waals surface area contributed by atoms with Gasteiger partial charge in [0.2, 0.25) is 0 Å². The fraction of sp³-hybridized carbons (Fsp3) is 0.200. The summed E-state index contributed by atoms with van der Waals surface area (Å²) < 4.78 is 35.1. The van der Waals surface area contributed by atoms with E-state index in [9.17, 15) is 13.6 Å². The van der Waals surface area contributed by atoms with E-state index in [1.807, 2.05) is 24.3 Å². The molecule has 28 heavy (non-hydrogen) atoms. The Labute approximate surface area is 164 Å². The predicted molar refractivity (Wildman–Crippen MR) is 104 cm³/mol. The molecule has 0 spiro atoms. The van der Waals surface area contributed by atoms with Gasteiger partial charge in [-0.05, 0) is 36.2 Å². The number of hydrogen-bond acceptors (Lipinski definition) is 5. The van der Waals surface area contributed by atoms with E-state index in [0.29, 0.717) is 22.1 Å². The van der Waals surface area contributed by atoms with Crippen LogP contribution in [0.25, 0.3) is 11.3 Å². The van der Waals surface area contributed by atoms with Gasteiger partial charge in [0.25, 0.3) is 5.91 Å². The summed E-state index contributed by atoms with van der Waals surface area (Å²) in [6.07, 6.45) is 0.929. The van der Waals surface area contributed by atoms with Crippen LogP contribution >= 0.6 is 11.3 Å². The number of para-hydroxylation sites is 1. The minimum Gasteiger partial charge on any atom is -0.484 e. The molecule has 0 radical (unpaired) electrons. The van der Waals surface area contributed by atoms with E-state index < -0.39 is 6.61 Å². The lowest BCUT2D eigenvalue weighted by Crippen LogP contribution is -2.20. The van der Waals surface area contributed by atoms with Crippen molar-refractivity contribution in [2.24, 2.45) is 0 Å². The van der Waals surface area contributed by atoms with E-state index in [1.165, 1.54) is 23.0 Å². The second kappa shape index (κ2) is 9.27. The highest BCUT2D eigenvalue weighted by Crippen LogP contribution is 2.32. The lowest BCUT2D eigenvalue weighted by molar-refractivity contribution is -0.118. The quantitative estimate of drug-likeness (QED) is 0.575. The van der Waals surface area contributed by atoms with E-state index in [1.54, 1.807) is 23.6 Å². The van der Waals surface area contributed by atoms with E-state index in [-0.39, 0.29) is 18.3 Å². The van der Waals surface area contributed by atoms with Gasteiger partial charge in [-0.25, -0.2) is 4.98 Å². The number of aryl methyl sites for hydroxylation is 1. The monoisotopic (exact) mass is 404 g/mol. The number of halogens is 2. The molecule has 8 heteroatoms. The number of anilines is 1. The smallest absolute Gasteiger partial charge is 0.387 e. The van der Waals surface area contributed by atoms with Crippen LogP contribution in [-0.4, -0.2) is 24.1 Å². The standard InChI is InChI=1S/C20H18F2N2O3S/c1-2-13-7-9-14(10-8-13)26-11-18(25)24-20-23-16(12-28-20)15-5-3-4-6-17(15)27-19(21)22/h3-10,12,19H,2,11H2,1H3,(H,23,24,25). The maximum atomic E-state index is 12.5. The number of thiazole rings is 1. The maximum absolute atomic E-state index is 12.5. The van der Waals surface area contributed by atoms with Crippen LogP contribution in [0.4, 0.5) is 13.9 Å². The number of benzene rings is 2. The third-order valence-corrected chi connectivity index (χ3v) is 4.59. The Kier molecular flexibility index (Phi) is 6.54. The first-order chi connectivity index (χ1) is 13.5. The first-order valence-corrected chi connectivity index (χ1v) is 9.44. The van der Waals surface area contributed by atoms with Gasteiger partial charge in [-0.1, -0.05) is 31.2 Å². The van der Waals surface area contributed by atoms with Crippen molar-refractivity contribution in [3.63, 3.8) is 0 Å². The van der Waals surface area contributed by atoms with Crippen molar-refractivity contribution in [2.75, 3.05) is 11.9 Å². The van der Waals surface area contributed by atoms with Crippen molar-refractivity contribution in [3.8, 4) is 22.8 Å². The number of carbonyl (C=O) groups is 1. The molecule has 0 aliphatic carbocycles. The van der Waals surface area contributed by atoms with Crippen molar-refractivity contribution in [3.05, 3.63) is 59.5 Å².